The molecule has 9 heteroatoms. The number of aryl methyl sites for hydroxylation is 1. The molecule has 5 rings (SSSR count). The maximum Gasteiger partial charge on any atom is 0.416 e. The summed E-state index contributed by atoms with van der Waals surface area (Å²) in [5.74, 6) is 0.424. The summed E-state index contributed by atoms with van der Waals surface area (Å²) in [6.45, 7) is 3.04. The van der Waals surface area contributed by atoms with Crippen molar-refractivity contribution in [2.45, 2.75) is 45.0 Å². The lowest BCUT2D eigenvalue weighted by Crippen LogP contribution is -2.41. The Morgan fingerprint density at radius 1 is 1.00 bits per heavy atom. The first kappa shape index (κ1) is 27.6. The molecule has 0 radical (unpaired) electrons. The molecule has 1 heterocycles. The van der Waals surface area contributed by atoms with Gasteiger partial charge in [0.2, 0.25) is 0 Å². The number of carbonyl (C=O) groups excluding carboxylic acids is 2. The van der Waals surface area contributed by atoms with Crippen LogP contribution in [0, 0.1) is 12.3 Å². The third-order valence-corrected chi connectivity index (χ3v) is 7.97. The standard InChI is InChI=1S/C31H31F3N2O4/c1-20-15-25(39-2)26(40-19-21-7-4-3-5-8-21)17-24(20)28(37)35-27-18-30(27)11-13-36(14-12-30)29(38)22-9-6-10-23(16-22)31(32,33)34/h3-10,15-17,27H,11-14,18-19H2,1-2H3,(H,35,37). The fraction of sp³-hybridized carbons (Fsp3) is 0.355. The molecule has 210 valence electrons. The number of amides is 2. The third kappa shape index (κ3) is 5.78. The molecule has 1 unspecified atom stereocenters. The summed E-state index contributed by atoms with van der Waals surface area (Å²) in [7, 11) is 1.56. The van der Waals surface area contributed by atoms with Crippen LogP contribution >= 0.6 is 0 Å². The van der Waals surface area contributed by atoms with Crippen LogP contribution in [0.4, 0.5) is 13.2 Å². The number of carbonyl (C=O) groups is 2. The minimum Gasteiger partial charge on any atom is -0.493 e. The number of benzene rings is 3. The summed E-state index contributed by atoms with van der Waals surface area (Å²) in [6, 6.07) is 17.7. The molecule has 1 saturated heterocycles. The summed E-state index contributed by atoms with van der Waals surface area (Å²) < 4.78 is 50.7. The molecule has 2 fully saturated rings. The van der Waals surface area contributed by atoms with Crippen LogP contribution in [0.2, 0.25) is 0 Å². The van der Waals surface area contributed by atoms with Gasteiger partial charge in [0.05, 0.1) is 12.7 Å². The number of halogens is 3. The van der Waals surface area contributed by atoms with Crippen molar-refractivity contribution in [1.82, 2.24) is 10.2 Å². The van der Waals surface area contributed by atoms with Gasteiger partial charge in [-0.05, 0) is 73.1 Å². The Kier molecular flexibility index (Phi) is 7.49. The Labute approximate surface area is 231 Å². The first-order valence-electron chi connectivity index (χ1n) is 13.2. The Hall–Kier alpha value is -4.01. The number of methoxy groups -OCH3 is 1. The molecule has 40 heavy (non-hydrogen) atoms. The van der Waals surface area contributed by atoms with Crippen LogP contribution < -0.4 is 14.8 Å². The second-order valence-electron chi connectivity index (χ2n) is 10.6. The molecule has 1 aliphatic carbocycles. The molecule has 1 saturated carbocycles. The number of alkyl halides is 3. The van der Waals surface area contributed by atoms with Gasteiger partial charge in [0, 0.05) is 30.3 Å². The van der Waals surface area contributed by atoms with E-state index in [2.05, 4.69) is 5.32 Å². The maximum absolute atomic E-state index is 13.3. The van der Waals surface area contributed by atoms with Crippen molar-refractivity contribution < 1.29 is 32.2 Å². The summed E-state index contributed by atoms with van der Waals surface area (Å²) in [6.07, 6.45) is -2.35. The number of hydrogen-bond acceptors (Lipinski definition) is 4. The Bertz CT molecular complexity index is 1400. The first-order valence-corrected chi connectivity index (χ1v) is 13.2. The van der Waals surface area contributed by atoms with Gasteiger partial charge in [-0.2, -0.15) is 13.2 Å². The van der Waals surface area contributed by atoms with Crippen molar-refractivity contribution >= 4 is 11.8 Å². The molecule has 3 aromatic rings. The van der Waals surface area contributed by atoms with Crippen molar-refractivity contribution in [3.05, 3.63) is 94.5 Å². The fourth-order valence-electron chi connectivity index (χ4n) is 5.42. The van der Waals surface area contributed by atoms with Gasteiger partial charge in [-0.3, -0.25) is 9.59 Å². The highest BCUT2D eigenvalue weighted by molar-refractivity contribution is 5.97. The van der Waals surface area contributed by atoms with E-state index in [0.29, 0.717) is 49.6 Å². The maximum atomic E-state index is 13.3. The molecule has 2 amide bonds. The zero-order valence-corrected chi connectivity index (χ0v) is 22.4. The number of nitrogens with one attached hydrogen (secondary N) is 1. The monoisotopic (exact) mass is 552 g/mol. The smallest absolute Gasteiger partial charge is 0.416 e. The topological polar surface area (TPSA) is 67.9 Å². The summed E-state index contributed by atoms with van der Waals surface area (Å²) >= 11 is 0. The number of ether oxygens (including phenoxy) is 2. The minimum atomic E-state index is -4.50. The Morgan fingerprint density at radius 2 is 1.73 bits per heavy atom. The van der Waals surface area contributed by atoms with Crippen molar-refractivity contribution in [1.29, 1.82) is 0 Å². The highest BCUT2D eigenvalue weighted by atomic mass is 19.4. The van der Waals surface area contributed by atoms with Crippen LogP contribution in [-0.2, 0) is 12.8 Å². The van der Waals surface area contributed by atoms with Gasteiger partial charge in [0.25, 0.3) is 11.8 Å². The lowest BCUT2D eigenvalue weighted by molar-refractivity contribution is -0.137. The molecular weight excluding hydrogens is 521 g/mol. The van der Waals surface area contributed by atoms with Gasteiger partial charge in [0.1, 0.15) is 6.61 Å². The molecule has 1 N–H and O–H groups in total. The van der Waals surface area contributed by atoms with Crippen molar-refractivity contribution in [2.24, 2.45) is 5.41 Å². The van der Waals surface area contributed by atoms with E-state index in [4.69, 9.17) is 9.47 Å². The van der Waals surface area contributed by atoms with E-state index < -0.39 is 17.6 Å². The lowest BCUT2D eigenvalue weighted by Gasteiger charge is -2.33. The molecule has 1 aliphatic heterocycles. The Morgan fingerprint density at radius 3 is 2.40 bits per heavy atom. The van der Waals surface area contributed by atoms with E-state index in [0.717, 1.165) is 29.7 Å². The van der Waals surface area contributed by atoms with E-state index in [-0.39, 0.29) is 22.9 Å². The summed E-state index contributed by atoms with van der Waals surface area (Å²) in [5.41, 5.74) is 1.35. The van der Waals surface area contributed by atoms with Crippen LogP contribution in [0.3, 0.4) is 0 Å². The van der Waals surface area contributed by atoms with Crippen LogP contribution in [-0.4, -0.2) is 43.0 Å². The van der Waals surface area contributed by atoms with Gasteiger partial charge in [-0.1, -0.05) is 36.4 Å². The van der Waals surface area contributed by atoms with Crippen LogP contribution in [0.15, 0.2) is 66.7 Å². The van der Waals surface area contributed by atoms with E-state index in [1.807, 2.05) is 37.3 Å². The molecule has 0 aromatic heterocycles. The van der Waals surface area contributed by atoms with E-state index >= 15 is 0 Å². The fourth-order valence-corrected chi connectivity index (χ4v) is 5.42. The average molecular weight is 553 g/mol. The number of hydrogen-bond donors (Lipinski definition) is 1. The average Bonchev–Trinajstić information content (AvgIpc) is 3.62. The van der Waals surface area contributed by atoms with Crippen molar-refractivity contribution in [3.8, 4) is 11.5 Å². The second-order valence-corrected chi connectivity index (χ2v) is 10.6. The summed E-state index contributed by atoms with van der Waals surface area (Å²) in [5, 5.41) is 3.15. The van der Waals surface area contributed by atoms with Gasteiger partial charge >= 0.3 is 6.18 Å². The van der Waals surface area contributed by atoms with Gasteiger partial charge < -0.3 is 19.7 Å². The predicted octanol–water partition coefficient (Wildman–Crippen LogP) is 6.03. The zero-order valence-electron chi connectivity index (χ0n) is 22.4. The molecule has 0 bridgehead atoms. The number of rotatable bonds is 7. The van der Waals surface area contributed by atoms with Gasteiger partial charge in [-0.15, -0.1) is 0 Å². The quantitative estimate of drug-likeness (QED) is 0.389. The zero-order chi connectivity index (χ0) is 28.5. The predicted molar refractivity (Wildman–Crippen MR) is 143 cm³/mol. The second kappa shape index (κ2) is 10.9. The third-order valence-electron chi connectivity index (χ3n) is 7.97. The van der Waals surface area contributed by atoms with Gasteiger partial charge in [0.15, 0.2) is 11.5 Å². The lowest BCUT2D eigenvalue weighted by atomic mass is 9.92. The summed E-state index contributed by atoms with van der Waals surface area (Å²) in [4.78, 5) is 27.8. The molecule has 1 spiro atoms. The number of nitrogens with zero attached hydrogens (tertiary/aromatic N) is 1. The highest BCUT2D eigenvalue weighted by Crippen LogP contribution is 2.54. The number of likely N-dealkylation sites (tertiary alicyclic amines) is 1. The molecule has 2 aliphatic rings. The SMILES string of the molecule is COc1cc(C)c(C(=O)NC2CC23CCN(C(=O)c2cccc(C(F)(F)F)c2)CC3)cc1OCc1ccccc1. The molecular formula is C31H31F3N2O4. The highest BCUT2D eigenvalue weighted by Gasteiger charge is 2.56. The molecule has 3 aromatic carbocycles. The minimum absolute atomic E-state index is 0.0269. The molecule has 1 atom stereocenters. The first-order chi connectivity index (χ1) is 19.1. The van der Waals surface area contributed by atoms with Crippen LogP contribution in [0.1, 0.15) is 56.7 Å². The van der Waals surface area contributed by atoms with Crippen LogP contribution in [0.25, 0.3) is 0 Å². The van der Waals surface area contributed by atoms with Gasteiger partial charge in [-0.25, -0.2) is 0 Å². The van der Waals surface area contributed by atoms with E-state index in [1.54, 1.807) is 24.1 Å². The van der Waals surface area contributed by atoms with Crippen molar-refractivity contribution in [3.63, 3.8) is 0 Å². The largest absolute Gasteiger partial charge is 0.493 e. The Balaban J connectivity index is 1.20. The number of piperidine rings is 1. The van der Waals surface area contributed by atoms with Crippen molar-refractivity contribution in [2.75, 3.05) is 20.2 Å². The molecule has 6 nitrogen and oxygen atoms in total. The normalized spacial score (nSPS) is 17.8. The van der Waals surface area contributed by atoms with E-state index in [9.17, 15) is 22.8 Å². The van der Waals surface area contributed by atoms with Crippen LogP contribution in [0.5, 0.6) is 11.5 Å². The van der Waals surface area contributed by atoms with E-state index in [1.165, 1.54) is 12.1 Å².